The lowest BCUT2D eigenvalue weighted by molar-refractivity contribution is 0.598. The second kappa shape index (κ2) is 4.77. The highest BCUT2D eigenvalue weighted by molar-refractivity contribution is 5.48. The van der Waals surface area contributed by atoms with Crippen LogP contribution in [0.3, 0.4) is 0 Å². The molecule has 1 fully saturated rings. The van der Waals surface area contributed by atoms with Gasteiger partial charge in [-0.1, -0.05) is 20.8 Å². The molecule has 1 heterocycles. The third kappa shape index (κ3) is 2.47. The summed E-state index contributed by atoms with van der Waals surface area (Å²) in [6.45, 7) is 7.85. The van der Waals surface area contributed by atoms with Gasteiger partial charge in [0.2, 0.25) is 0 Å². The molecule has 2 aliphatic rings. The highest BCUT2D eigenvalue weighted by Gasteiger charge is 2.49. The molecule has 3 heteroatoms. The molecule has 1 aromatic rings. The summed E-state index contributed by atoms with van der Waals surface area (Å²) in [4.78, 5) is 9.75. The summed E-state index contributed by atoms with van der Waals surface area (Å²) in [6, 6.07) is 0. The Kier molecular flexibility index (Phi) is 3.23. The molecule has 0 aromatic carbocycles. The third-order valence-corrected chi connectivity index (χ3v) is 4.57. The molecule has 1 saturated carbocycles. The summed E-state index contributed by atoms with van der Waals surface area (Å²) in [5, 5.41) is 3.52. The predicted octanol–water partition coefficient (Wildman–Crippen LogP) is 3.69. The molecule has 1 atom stereocenters. The van der Waals surface area contributed by atoms with Gasteiger partial charge in [0, 0.05) is 23.7 Å². The van der Waals surface area contributed by atoms with Gasteiger partial charge in [-0.25, -0.2) is 9.97 Å². The quantitative estimate of drug-likeness (QED) is 0.896. The van der Waals surface area contributed by atoms with Crippen LogP contribution in [0, 0.1) is 5.41 Å². The molecule has 0 saturated heterocycles. The molecule has 0 amide bonds. The fraction of sp³-hybridized carbons (Fsp3) is 0.750. The van der Waals surface area contributed by atoms with E-state index < -0.39 is 0 Å². The lowest BCUT2D eigenvalue weighted by atomic mass is 9.96. The van der Waals surface area contributed by atoms with Gasteiger partial charge in [0.05, 0.1) is 0 Å². The van der Waals surface area contributed by atoms with Crippen LogP contribution in [0.15, 0.2) is 0 Å². The van der Waals surface area contributed by atoms with E-state index in [1.54, 1.807) is 0 Å². The third-order valence-electron chi connectivity index (χ3n) is 4.57. The Labute approximate surface area is 116 Å². The van der Waals surface area contributed by atoms with E-state index in [4.69, 9.17) is 9.97 Å². The van der Waals surface area contributed by atoms with Gasteiger partial charge in [0.25, 0.3) is 0 Å². The van der Waals surface area contributed by atoms with Crippen LogP contribution in [0.5, 0.6) is 0 Å². The molecule has 1 N–H and O–H groups in total. The van der Waals surface area contributed by atoms with Crippen LogP contribution in [-0.2, 0) is 12.8 Å². The number of fused-ring (bicyclic) bond motifs is 1. The molecule has 1 unspecified atom stereocenters. The van der Waals surface area contributed by atoms with E-state index in [1.165, 1.54) is 30.5 Å². The van der Waals surface area contributed by atoms with Crippen LogP contribution in [0.4, 0.5) is 5.82 Å². The van der Waals surface area contributed by atoms with Gasteiger partial charge in [0.15, 0.2) is 0 Å². The molecule has 2 aliphatic carbocycles. The molecule has 1 aromatic heterocycles. The van der Waals surface area contributed by atoms with Crippen LogP contribution in [0.1, 0.15) is 69.5 Å². The zero-order valence-corrected chi connectivity index (χ0v) is 12.4. The molecule has 0 spiro atoms. The maximum absolute atomic E-state index is 4.89. The van der Waals surface area contributed by atoms with Gasteiger partial charge in [0.1, 0.15) is 11.6 Å². The summed E-state index contributed by atoms with van der Waals surface area (Å²) >= 11 is 0. The largest absolute Gasteiger partial charge is 0.370 e. The molecule has 19 heavy (non-hydrogen) atoms. The normalized spacial score (nSPS) is 23.8. The van der Waals surface area contributed by atoms with Gasteiger partial charge < -0.3 is 5.32 Å². The first kappa shape index (κ1) is 12.9. The molecule has 3 nitrogen and oxygen atoms in total. The van der Waals surface area contributed by atoms with Crippen LogP contribution in [0.2, 0.25) is 0 Å². The molecular formula is C16H25N3. The van der Waals surface area contributed by atoms with E-state index in [9.17, 15) is 0 Å². The van der Waals surface area contributed by atoms with Gasteiger partial charge in [-0.2, -0.15) is 0 Å². The maximum Gasteiger partial charge on any atom is 0.134 e. The highest BCUT2D eigenvalue weighted by atomic mass is 15.0. The Hall–Kier alpha value is -1.12. The molecule has 0 radical (unpaired) electrons. The Morgan fingerprint density at radius 3 is 2.63 bits per heavy atom. The van der Waals surface area contributed by atoms with E-state index in [0.717, 1.165) is 37.4 Å². The van der Waals surface area contributed by atoms with Crippen molar-refractivity contribution >= 4 is 5.82 Å². The van der Waals surface area contributed by atoms with Crippen LogP contribution < -0.4 is 5.32 Å². The Morgan fingerprint density at radius 2 is 1.95 bits per heavy atom. The standard InChI is InChI=1S/C16H25N3/c1-4-9-17-14-11-7-5-6-8-13(11)18-15(19-14)12-10-16(12,2)3/h12H,4-10H2,1-3H3,(H,17,18,19). The monoisotopic (exact) mass is 259 g/mol. The minimum Gasteiger partial charge on any atom is -0.370 e. The van der Waals surface area contributed by atoms with E-state index >= 15 is 0 Å². The van der Waals surface area contributed by atoms with Crippen molar-refractivity contribution in [2.24, 2.45) is 5.41 Å². The summed E-state index contributed by atoms with van der Waals surface area (Å²) in [5.41, 5.74) is 3.12. The average molecular weight is 259 g/mol. The first-order valence-electron chi connectivity index (χ1n) is 7.75. The highest BCUT2D eigenvalue weighted by Crippen LogP contribution is 2.57. The van der Waals surface area contributed by atoms with Crippen LogP contribution >= 0.6 is 0 Å². The van der Waals surface area contributed by atoms with Crippen molar-refractivity contribution in [3.8, 4) is 0 Å². The second-order valence-electron chi connectivity index (χ2n) is 6.73. The smallest absolute Gasteiger partial charge is 0.134 e. The van der Waals surface area contributed by atoms with Crippen molar-refractivity contribution in [1.82, 2.24) is 9.97 Å². The zero-order valence-electron chi connectivity index (χ0n) is 12.4. The van der Waals surface area contributed by atoms with Gasteiger partial charge >= 0.3 is 0 Å². The van der Waals surface area contributed by atoms with Crippen molar-refractivity contribution in [3.63, 3.8) is 0 Å². The van der Waals surface area contributed by atoms with E-state index in [2.05, 4.69) is 26.1 Å². The number of aryl methyl sites for hydroxylation is 1. The van der Waals surface area contributed by atoms with Gasteiger partial charge in [-0.15, -0.1) is 0 Å². The fourth-order valence-electron chi connectivity index (χ4n) is 3.07. The summed E-state index contributed by atoms with van der Waals surface area (Å²) in [5.74, 6) is 2.79. The number of rotatable bonds is 4. The minimum atomic E-state index is 0.408. The molecule has 104 valence electrons. The van der Waals surface area contributed by atoms with Crippen LogP contribution in [-0.4, -0.2) is 16.5 Å². The topological polar surface area (TPSA) is 37.8 Å². The number of nitrogens with zero attached hydrogens (tertiary/aromatic N) is 2. The Balaban J connectivity index is 1.94. The fourth-order valence-corrected chi connectivity index (χ4v) is 3.07. The van der Waals surface area contributed by atoms with Crippen molar-refractivity contribution in [2.75, 3.05) is 11.9 Å². The van der Waals surface area contributed by atoms with Crippen molar-refractivity contribution in [3.05, 3.63) is 17.1 Å². The number of nitrogens with one attached hydrogen (secondary N) is 1. The SMILES string of the molecule is CCCNc1nc(C2CC2(C)C)nc2c1CCCC2. The number of anilines is 1. The van der Waals surface area contributed by atoms with Gasteiger partial charge in [-0.3, -0.25) is 0 Å². The van der Waals surface area contributed by atoms with E-state index in [-0.39, 0.29) is 0 Å². The lowest BCUT2D eigenvalue weighted by Crippen LogP contribution is -2.15. The second-order valence-corrected chi connectivity index (χ2v) is 6.73. The summed E-state index contributed by atoms with van der Waals surface area (Å²) in [6.07, 6.45) is 7.23. The number of hydrogen-bond acceptors (Lipinski definition) is 3. The van der Waals surface area contributed by atoms with E-state index in [0.29, 0.717) is 11.3 Å². The van der Waals surface area contributed by atoms with Crippen molar-refractivity contribution < 1.29 is 0 Å². The van der Waals surface area contributed by atoms with E-state index in [1.807, 2.05) is 0 Å². The Bertz CT molecular complexity index is 479. The molecular weight excluding hydrogens is 234 g/mol. The molecule has 0 aliphatic heterocycles. The summed E-state index contributed by atoms with van der Waals surface area (Å²) in [7, 11) is 0. The number of hydrogen-bond donors (Lipinski definition) is 1. The molecule has 0 bridgehead atoms. The zero-order chi connectivity index (χ0) is 13.5. The number of aromatic nitrogens is 2. The maximum atomic E-state index is 4.89. The predicted molar refractivity (Wildman–Crippen MR) is 78.6 cm³/mol. The van der Waals surface area contributed by atoms with Gasteiger partial charge in [-0.05, 0) is 43.9 Å². The Morgan fingerprint density at radius 1 is 1.21 bits per heavy atom. The van der Waals surface area contributed by atoms with Crippen molar-refractivity contribution in [2.45, 2.75) is 65.2 Å². The first-order chi connectivity index (χ1) is 9.12. The van der Waals surface area contributed by atoms with Crippen LogP contribution in [0.25, 0.3) is 0 Å². The van der Waals surface area contributed by atoms with Crippen molar-refractivity contribution in [1.29, 1.82) is 0 Å². The lowest BCUT2D eigenvalue weighted by Gasteiger charge is -2.20. The summed E-state index contributed by atoms with van der Waals surface area (Å²) < 4.78 is 0. The average Bonchev–Trinajstić information content (AvgIpc) is 3.05. The minimum absolute atomic E-state index is 0.408. The first-order valence-corrected chi connectivity index (χ1v) is 7.75. The molecule has 3 rings (SSSR count).